The largest absolute Gasteiger partial charge is 0.354 e. The summed E-state index contributed by atoms with van der Waals surface area (Å²) in [5, 5.41) is 9.84. The van der Waals surface area contributed by atoms with Gasteiger partial charge in [-0.3, -0.25) is 9.89 Å². The molecule has 0 fully saturated rings. The molecule has 1 amide bonds. The summed E-state index contributed by atoms with van der Waals surface area (Å²) in [6.07, 6.45) is 3.09. The number of thioether (sulfide) groups is 1. The summed E-state index contributed by atoms with van der Waals surface area (Å²) in [5.74, 6) is 0.292. The van der Waals surface area contributed by atoms with E-state index in [1.165, 1.54) is 22.4 Å². The second kappa shape index (κ2) is 9.54. The van der Waals surface area contributed by atoms with E-state index >= 15 is 0 Å². The lowest BCUT2D eigenvalue weighted by molar-refractivity contribution is -0.121. The zero-order chi connectivity index (χ0) is 18.1. The Kier molecular flexibility index (Phi) is 7.41. The number of H-pyrrole nitrogens is 1. The third-order valence-corrected chi connectivity index (χ3v) is 5.47. The third-order valence-electron chi connectivity index (χ3n) is 3.34. The molecule has 0 spiro atoms. The van der Waals surface area contributed by atoms with Gasteiger partial charge in [0.2, 0.25) is 15.9 Å². The van der Waals surface area contributed by atoms with Crippen molar-refractivity contribution in [3.63, 3.8) is 0 Å². The van der Waals surface area contributed by atoms with Crippen LogP contribution >= 0.6 is 11.8 Å². The van der Waals surface area contributed by atoms with E-state index in [2.05, 4.69) is 20.5 Å². The molecule has 25 heavy (non-hydrogen) atoms. The van der Waals surface area contributed by atoms with Crippen LogP contribution in [0, 0.1) is 0 Å². The van der Waals surface area contributed by atoms with Gasteiger partial charge in [0.25, 0.3) is 0 Å². The van der Waals surface area contributed by atoms with Gasteiger partial charge < -0.3 is 5.32 Å². The molecule has 1 aromatic heterocycles. The van der Waals surface area contributed by atoms with Crippen LogP contribution < -0.4 is 5.32 Å². The van der Waals surface area contributed by atoms with Crippen LogP contribution in [0.4, 0.5) is 0 Å². The van der Waals surface area contributed by atoms with Crippen LogP contribution in [0.3, 0.4) is 0 Å². The molecular weight excluding hydrogens is 362 g/mol. The molecule has 2 rings (SSSR count). The second-order valence-corrected chi connectivity index (χ2v) is 8.39. The molecule has 8 nitrogen and oxygen atoms in total. The lowest BCUT2D eigenvalue weighted by Crippen LogP contribution is -2.41. The first-order valence-corrected chi connectivity index (χ1v) is 10.5. The van der Waals surface area contributed by atoms with Crippen LogP contribution in [0.15, 0.2) is 41.8 Å². The number of aromatic amines is 1. The van der Waals surface area contributed by atoms with Crippen molar-refractivity contribution in [1.29, 1.82) is 0 Å². The maximum Gasteiger partial charge on any atom is 0.235 e. The number of hydrogen-bond donors (Lipinski definition) is 2. The summed E-state index contributed by atoms with van der Waals surface area (Å²) in [6.45, 7) is 0.502. The smallest absolute Gasteiger partial charge is 0.235 e. The molecule has 0 saturated heterocycles. The molecule has 0 unspecified atom stereocenters. The molecule has 0 radical (unpaired) electrons. The molecule has 0 atom stereocenters. The van der Waals surface area contributed by atoms with E-state index in [9.17, 15) is 13.2 Å². The van der Waals surface area contributed by atoms with Crippen LogP contribution in [-0.2, 0) is 21.2 Å². The van der Waals surface area contributed by atoms with Crippen molar-refractivity contribution < 1.29 is 13.2 Å². The van der Waals surface area contributed by atoms with Gasteiger partial charge in [-0.2, -0.15) is 9.40 Å². The van der Waals surface area contributed by atoms with E-state index in [0.29, 0.717) is 23.9 Å². The number of sulfonamides is 1. The second-order valence-electron chi connectivity index (χ2n) is 5.32. The van der Waals surface area contributed by atoms with Gasteiger partial charge in [0.1, 0.15) is 6.33 Å². The molecule has 1 aromatic carbocycles. The van der Waals surface area contributed by atoms with Crippen LogP contribution in [0.25, 0.3) is 0 Å². The third kappa shape index (κ3) is 7.24. The number of carbonyl (C=O) groups is 1. The highest BCUT2D eigenvalue weighted by Gasteiger charge is 2.19. The fourth-order valence-electron chi connectivity index (χ4n) is 2.08. The molecule has 0 bridgehead atoms. The Morgan fingerprint density at radius 3 is 2.72 bits per heavy atom. The van der Waals surface area contributed by atoms with Gasteiger partial charge >= 0.3 is 0 Å². The predicted octanol–water partition coefficient (Wildman–Crippen LogP) is 0.517. The quantitative estimate of drug-likeness (QED) is 0.457. The van der Waals surface area contributed by atoms with E-state index in [1.54, 1.807) is 0 Å². The van der Waals surface area contributed by atoms with E-state index in [1.807, 2.05) is 30.3 Å². The molecule has 10 heteroatoms. The molecule has 0 aliphatic heterocycles. The van der Waals surface area contributed by atoms with Gasteiger partial charge in [-0.15, -0.1) is 0 Å². The number of rotatable bonds is 10. The monoisotopic (exact) mass is 383 g/mol. The molecule has 2 aromatic rings. The van der Waals surface area contributed by atoms with Gasteiger partial charge in [-0.25, -0.2) is 13.4 Å². The van der Waals surface area contributed by atoms with Crippen molar-refractivity contribution in [2.45, 2.75) is 11.6 Å². The van der Waals surface area contributed by atoms with Crippen LogP contribution in [0.5, 0.6) is 0 Å². The fourth-order valence-corrected chi connectivity index (χ4v) is 3.49. The van der Waals surface area contributed by atoms with Crippen molar-refractivity contribution in [2.24, 2.45) is 0 Å². The van der Waals surface area contributed by atoms with Gasteiger partial charge in [0.15, 0.2) is 5.16 Å². The Hall–Kier alpha value is -1.91. The molecule has 2 N–H and O–H groups in total. The number of amides is 1. The highest BCUT2D eigenvalue weighted by Crippen LogP contribution is 2.09. The molecular formula is C15H21N5O3S2. The lowest BCUT2D eigenvalue weighted by atomic mass is 10.1. The Balaban J connectivity index is 1.77. The number of aromatic nitrogens is 3. The zero-order valence-corrected chi connectivity index (χ0v) is 15.5. The van der Waals surface area contributed by atoms with Gasteiger partial charge in [-0.1, -0.05) is 42.1 Å². The Labute approximate surface area is 151 Å². The summed E-state index contributed by atoms with van der Waals surface area (Å²) in [4.78, 5) is 16.0. The minimum atomic E-state index is -3.45. The first kappa shape index (κ1) is 19.4. The first-order chi connectivity index (χ1) is 11.9. The van der Waals surface area contributed by atoms with E-state index in [-0.39, 0.29) is 19.0 Å². The number of benzene rings is 1. The van der Waals surface area contributed by atoms with Gasteiger partial charge in [0.05, 0.1) is 12.8 Å². The fraction of sp³-hybridized carbons (Fsp3) is 0.400. The van der Waals surface area contributed by atoms with Crippen molar-refractivity contribution in [3.8, 4) is 0 Å². The van der Waals surface area contributed by atoms with Crippen molar-refractivity contribution >= 4 is 27.7 Å². The number of nitrogens with one attached hydrogen (secondary N) is 2. The Morgan fingerprint density at radius 2 is 2.08 bits per heavy atom. The zero-order valence-electron chi connectivity index (χ0n) is 13.9. The Bertz CT molecular complexity index is 751. The average Bonchev–Trinajstić information content (AvgIpc) is 3.09. The average molecular weight is 383 g/mol. The topological polar surface area (TPSA) is 108 Å². The predicted molar refractivity (Wildman–Crippen MR) is 96.7 cm³/mol. The SMILES string of the molecule is CS(=O)(=O)N(CCc1ccccc1)CC(=O)NCCSc1ncn[nH]1. The lowest BCUT2D eigenvalue weighted by Gasteiger charge is -2.19. The minimum Gasteiger partial charge on any atom is -0.354 e. The van der Waals surface area contributed by atoms with E-state index < -0.39 is 10.0 Å². The van der Waals surface area contributed by atoms with E-state index in [0.717, 1.165) is 11.8 Å². The molecule has 0 saturated carbocycles. The number of carbonyl (C=O) groups excluding carboxylic acids is 1. The van der Waals surface area contributed by atoms with Crippen LogP contribution in [-0.4, -0.2) is 65.5 Å². The van der Waals surface area contributed by atoms with Gasteiger partial charge in [-0.05, 0) is 12.0 Å². The minimum absolute atomic E-state index is 0.182. The maximum atomic E-state index is 12.0. The van der Waals surface area contributed by atoms with Crippen molar-refractivity contribution in [3.05, 3.63) is 42.2 Å². The molecule has 136 valence electrons. The van der Waals surface area contributed by atoms with Gasteiger partial charge in [0, 0.05) is 18.8 Å². The summed E-state index contributed by atoms with van der Waals surface area (Å²) in [5.41, 5.74) is 1.03. The Morgan fingerprint density at radius 1 is 1.32 bits per heavy atom. The highest BCUT2D eigenvalue weighted by atomic mass is 32.2. The number of hydrogen-bond acceptors (Lipinski definition) is 6. The molecule has 0 aliphatic carbocycles. The van der Waals surface area contributed by atoms with Crippen LogP contribution in [0.1, 0.15) is 5.56 Å². The van der Waals surface area contributed by atoms with Crippen molar-refractivity contribution in [2.75, 3.05) is 31.6 Å². The number of nitrogens with zero attached hydrogens (tertiary/aromatic N) is 3. The summed E-state index contributed by atoms with van der Waals surface area (Å²) in [6, 6.07) is 9.57. The molecule has 0 aliphatic rings. The molecule has 1 heterocycles. The highest BCUT2D eigenvalue weighted by molar-refractivity contribution is 7.99. The maximum absolute atomic E-state index is 12.0. The summed E-state index contributed by atoms with van der Waals surface area (Å²) < 4.78 is 25.0. The standard InChI is InChI=1S/C15H21N5O3S2/c1-25(22,23)20(9-7-13-5-3-2-4-6-13)11-14(21)16-8-10-24-15-17-12-18-19-15/h2-6,12H,7-11H2,1H3,(H,16,21)(H,17,18,19). The van der Waals surface area contributed by atoms with Crippen molar-refractivity contribution in [1.82, 2.24) is 24.8 Å². The first-order valence-electron chi connectivity index (χ1n) is 7.69. The summed E-state index contributed by atoms with van der Waals surface area (Å²) in [7, 11) is -3.45. The normalized spacial score (nSPS) is 11.6. The summed E-state index contributed by atoms with van der Waals surface area (Å²) >= 11 is 1.43. The van der Waals surface area contributed by atoms with E-state index in [4.69, 9.17) is 0 Å². The van der Waals surface area contributed by atoms with Crippen LogP contribution in [0.2, 0.25) is 0 Å².